The van der Waals surface area contributed by atoms with Crippen molar-refractivity contribution < 1.29 is 130 Å². The number of imide groups is 16. The number of β-amino-alcohol motifs (C(OH)–C–C–N with tert-alkyl or cyclic N) is 3. The van der Waals surface area contributed by atoms with Crippen LogP contribution in [0, 0.1) is 47.3 Å². The van der Waals surface area contributed by atoms with Gasteiger partial charge in [-0.2, -0.15) is 0 Å². The van der Waals surface area contributed by atoms with E-state index in [1.54, 1.807) is 125 Å². The number of urea groups is 8. The van der Waals surface area contributed by atoms with E-state index < -0.39 is 210 Å². The van der Waals surface area contributed by atoms with Crippen LogP contribution in [0.3, 0.4) is 0 Å². The first kappa shape index (κ1) is 108. The summed E-state index contributed by atoms with van der Waals surface area (Å²) in [6, 6.07) is 26.5. The second-order valence-corrected chi connectivity index (χ2v) is 34.8. The second kappa shape index (κ2) is 49.7. The van der Waals surface area contributed by atoms with Crippen molar-refractivity contribution in [3.05, 3.63) is 143 Å². The van der Waals surface area contributed by atoms with Gasteiger partial charge in [-0.1, -0.05) is 175 Å². The molecule has 4 aromatic rings. The average molecular weight is 1940 g/mol. The molecule has 6 atom stereocenters. The molecule has 12 rings (SSSR count). The molecular weight excluding hydrogens is 1830 g/mol. The summed E-state index contributed by atoms with van der Waals surface area (Å²) in [6.07, 6.45) is 4.54. The number of hydrogen-bond acceptors (Lipinski definition) is 29. The molecule has 6 N–H and O–H groups in total. The van der Waals surface area contributed by atoms with E-state index in [0.29, 0.717) is 66.3 Å². The number of barbiturate groups is 8. The summed E-state index contributed by atoms with van der Waals surface area (Å²) in [4.78, 5) is 326. The predicted octanol–water partition coefficient (Wildman–Crippen LogP) is 1.26. The van der Waals surface area contributed by atoms with Crippen LogP contribution < -0.4 is 16.0 Å². The van der Waals surface area contributed by atoms with Gasteiger partial charge in [0.25, 0.3) is 0 Å². The Balaban J connectivity index is 0.000000226. The van der Waals surface area contributed by atoms with Crippen LogP contribution in [0.1, 0.15) is 106 Å². The number of amides is 32. The van der Waals surface area contributed by atoms with E-state index in [1.807, 2.05) is 20.8 Å². The van der Waals surface area contributed by atoms with E-state index in [2.05, 4.69) is 16.0 Å². The molecule has 8 aliphatic heterocycles. The Morgan fingerprint density at radius 1 is 0.243 bits per heavy atom. The number of carbonyl (C=O) groups is 24. The van der Waals surface area contributed by atoms with Crippen molar-refractivity contribution >= 4 is 143 Å². The quantitative estimate of drug-likeness (QED) is 0.0340. The van der Waals surface area contributed by atoms with Crippen molar-refractivity contribution in [2.45, 2.75) is 111 Å². The van der Waals surface area contributed by atoms with Gasteiger partial charge in [0.1, 0.15) is 47.3 Å². The Labute approximate surface area is 806 Å². The monoisotopic (exact) mass is 1940 g/mol. The molecular formula is C95H118N18O27. The SMILES string of the molecule is CCCCC1C(=O)N(CCO)C(=O)N(CCN(CCN2C(=O)C(CCCC)C(=O)N(CCO)C2=O)CCN2C(=O)C(CCCC)C(=O)N(CCO)C2=O)C1=O.CN1C(=O)C(Cc2cccc(CC3C(=O)N(C)C(=O)N(C)C3=O)c2)C(=O)N(C)C1=O.O=C1NC(=O)N(CCN(CCN2C(=O)NC(=O)C(Cc3ccccc3)C2=O)CCN2C(=O)NC(=O)C(Cc3ccccc3)C2=O)C(=O)C1Cc1ccccc1. The first-order valence-corrected chi connectivity index (χ1v) is 46.5. The van der Waals surface area contributed by atoms with Crippen LogP contribution in [-0.4, -0.2) is 378 Å². The van der Waals surface area contributed by atoms with Crippen molar-refractivity contribution in [3.63, 3.8) is 0 Å². The molecule has 0 aliphatic carbocycles. The molecule has 0 spiro atoms. The highest BCUT2D eigenvalue weighted by atomic mass is 16.3. The van der Waals surface area contributed by atoms with E-state index in [-0.39, 0.29) is 150 Å². The minimum atomic E-state index is -1.17. The number of nitrogens with zero attached hydrogens (tertiary/aromatic N) is 15. The number of aliphatic hydroxyl groups excluding tert-OH is 3. The maximum Gasteiger partial charge on any atom is 0.333 e. The largest absolute Gasteiger partial charge is 0.395 e. The zero-order valence-electron chi connectivity index (χ0n) is 79.1. The Morgan fingerprint density at radius 3 is 0.679 bits per heavy atom. The summed E-state index contributed by atoms with van der Waals surface area (Å²) < 4.78 is 0. The topological polar surface area (TPSA) is 555 Å². The molecule has 8 fully saturated rings. The van der Waals surface area contributed by atoms with Gasteiger partial charge in [-0.25, -0.2) is 38.4 Å². The van der Waals surface area contributed by atoms with Gasteiger partial charge in [0.15, 0.2) is 0 Å². The summed E-state index contributed by atoms with van der Waals surface area (Å²) in [5, 5.41) is 35.4. The molecule has 32 amide bonds. The van der Waals surface area contributed by atoms with Crippen molar-refractivity contribution in [2.75, 3.05) is 146 Å². The van der Waals surface area contributed by atoms with Gasteiger partial charge in [-0.3, -0.25) is 166 Å². The third-order valence-corrected chi connectivity index (χ3v) is 25.6. The van der Waals surface area contributed by atoms with E-state index in [0.717, 1.165) is 63.7 Å². The maximum absolute atomic E-state index is 13.6. The molecule has 140 heavy (non-hydrogen) atoms. The summed E-state index contributed by atoms with van der Waals surface area (Å²) in [7, 11) is 5.30. The molecule has 45 nitrogen and oxygen atoms in total. The zero-order chi connectivity index (χ0) is 102. The van der Waals surface area contributed by atoms with E-state index in [4.69, 9.17) is 0 Å². The maximum atomic E-state index is 13.6. The molecule has 8 saturated heterocycles. The molecule has 0 saturated carbocycles. The Bertz CT molecular complexity index is 4900. The second-order valence-electron chi connectivity index (χ2n) is 34.8. The van der Waals surface area contributed by atoms with E-state index >= 15 is 0 Å². The van der Waals surface area contributed by atoms with Gasteiger partial charge in [-0.15, -0.1) is 0 Å². The van der Waals surface area contributed by atoms with Crippen LogP contribution in [0.5, 0.6) is 0 Å². The van der Waals surface area contributed by atoms with Gasteiger partial charge >= 0.3 is 48.2 Å². The number of benzene rings is 4. The normalized spacial score (nSPS) is 20.7. The molecule has 0 bridgehead atoms. The minimum Gasteiger partial charge on any atom is -0.395 e. The van der Waals surface area contributed by atoms with E-state index in [1.165, 1.54) is 28.2 Å². The lowest BCUT2D eigenvalue weighted by Crippen LogP contribution is -2.63. The summed E-state index contributed by atoms with van der Waals surface area (Å²) in [6.45, 7) is 1.11. The predicted molar refractivity (Wildman–Crippen MR) is 489 cm³/mol. The van der Waals surface area contributed by atoms with Gasteiger partial charge in [0.05, 0.1) is 39.5 Å². The fraction of sp³-hybridized carbons (Fsp3) is 0.495. The minimum absolute atomic E-state index is 0.0581. The zero-order valence-corrected chi connectivity index (χ0v) is 79.1. The molecule has 8 heterocycles. The van der Waals surface area contributed by atoms with Crippen molar-refractivity contribution in [1.29, 1.82) is 0 Å². The number of unbranched alkanes of at least 4 members (excludes halogenated alkanes) is 3. The Kier molecular flexibility index (Phi) is 38.2. The number of rotatable bonds is 43. The number of aliphatic hydroxyl groups is 3. The highest BCUT2D eigenvalue weighted by Crippen LogP contribution is 2.31. The van der Waals surface area contributed by atoms with Crippen LogP contribution in [0.25, 0.3) is 0 Å². The number of nitrogens with one attached hydrogen (secondary N) is 3. The third-order valence-electron chi connectivity index (χ3n) is 25.6. The number of carbonyl (C=O) groups excluding carboxylic acids is 24. The van der Waals surface area contributed by atoms with Crippen LogP contribution in [-0.2, 0) is 109 Å². The Hall–Kier alpha value is -14.4. The fourth-order valence-electron chi connectivity index (χ4n) is 17.5. The lowest BCUT2D eigenvalue weighted by atomic mass is 9.91. The third kappa shape index (κ3) is 25.4. The first-order valence-electron chi connectivity index (χ1n) is 46.5. The van der Waals surface area contributed by atoms with Crippen molar-refractivity contribution in [1.82, 2.24) is 89.4 Å². The molecule has 8 aliphatic rings. The van der Waals surface area contributed by atoms with Gasteiger partial charge in [-0.05, 0) is 79.2 Å². The lowest BCUT2D eigenvalue weighted by molar-refractivity contribution is -0.151. The average Bonchev–Trinajstić information content (AvgIpc) is 0.677. The lowest BCUT2D eigenvalue weighted by Gasteiger charge is -2.40. The molecule has 0 radical (unpaired) electrons. The smallest absolute Gasteiger partial charge is 0.333 e. The Morgan fingerprint density at radius 2 is 0.450 bits per heavy atom. The molecule has 4 aromatic carbocycles. The molecule has 6 unspecified atom stereocenters. The van der Waals surface area contributed by atoms with Crippen LogP contribution in [0.2, 0.25) is 0 Å². The highest BCUT2D eigenvalue weighted by Gasteiger charge is 2.52. The summed E-state index contributed by atoms with van der Waals surface area (Å²) in [5.41, 5.74) is 3.46. The van der Waals surface area contributed by atoms with Crippen LogP contribution in [0.4, 0.5) is 38.4 Å². The number of hydrogen-bond donors (Lipinski definition) is 6. The van der Waals surface area contributed by atoms with Crippen LogP contribution >= 0.6 is 0 Å². The molecule has 0 aromatic heterocycles. The van der Waals surface area contributed by atoms with Crippen molar-refractivity contribution in [3.8, 4) is 0 Å². The molecule has 750 valence electrons. The fourth-order valence-corrected chi connectivity index (χ4v) is 17.5. The van der Waals surface area contributed by atoms with Crippen LogP contribution in [0.15, 0.2) is 115 Å². The van der Waals surface area contributed by atoms with Gasteiger partial charge in [0.2, 0.25) is 94.5 Å². The van der Waals surface area contributed by atoms with Crippen molar-refractivity contribution in [2.24, 2.45) is 47.3 Å². The van der Waals surface area contributed by atoms with E-state index in [9.17, 15) is 130 Å². The summed E-state index contributed by atoms with van der Waals surface area (Å²) >= 11 is 0. The highest BCUT2D eigenvalue weighted by molar-refractivity contribution is 6.21. The van der Waals surface area contributed by atoms with Gasteiger partial charge in [0, 0.05) is 107 Å². The van der Waals surface area contributed by atoms with Gasteiger partial charge < -0.3 is 15.3 Å². The standard InChI is InChI=1S/C39H39N7O9.C36H57N7O12.C20H22N4O6/c47-31-28(22-25-10-4-1-5-11-25)34(50)44(37(53)40-31)19-16-43(17-20-45-35(51)29(32(48)41-38(45)54)23-26-12-6-2-7-13-26)18-21-46-36(52)30(33(49)42-39(46)55)24-27-14-8-3-9-15-27;1-4-7-10-25-28(47)38(34(53)41(19-22-44)31(25)50)16-13-37(14-17-39-29(48)26(11-8-5-2)32(51)42(20-23-45)35(39)54)15-18-40-30(49)27(12-9-6-3)33(52)43(21-24-46)36(40)55;1-21-15(25)13(16(26)22(2)19(21)29)9-11-6-5-7-12(8-11)10-14-17(27)23(3)20(30)24(4)18(14)28/h1-15,28-30H,16-24H2,(H,40,47,53)(H,41,48,54)(H,42,49,55);25-27,44-46H,4-24H2,1-3H3;5-8,13-14H,9-10H2,1-4H3. The molecule has 45 heteroatoms. The first-order chi connectivity index (χ1) is 66.9. The summed E-state index contributed by atoms with van der Waals surface area (Å²) in [5.74, 6) is -19.8.